The summed E-state index contributed by atoms with van der Waals surface area (Å²) >= 11 is 0. The number of aryl methyl sites for hydroxylation is 1. The van der Waals surface area contributed by atoms with E-state index in [1.807, 2.05) is 13.0 Å². The number of anilines is 1. The largest absolute Gasteiger partial charge is 0.369 e. The Hall–Kier alpha value is -2.40. The molecule has 1 aliphatic heterocycles. The van der Waals surface area contributed by atoms with Crippen LogP contribution in [0.4, 0.5) is 10.1 Å². The third-order valence-electron chi connectivity index (χ3n) is 5.64. The molecule has 1 aliphatic rings. The minimum Gasteiger partial charge on any atom is -0.369 e. The molecule has 0 saturated carbocycles. The molecule has 3 rings (SSSR count). The number of halogens is 1. The molecule has 2 aromatic rings. The summed E-state index contributed by atoms with van der Waals surface area (Å²) in [4.78, 5) is 19.2. The number of carbonyl (C=O) groups excluding carboxylic acids is 1. The van der Waals surface area contributed by atoms with Crippen LogP contribution in [0, 0.1) is 19.7 Å². The Morgan fingerprint density at radius 3 is 2.46 bits per heavy atom. The van der Waals surface area contributed by atoms with Crippen molar-refractivity contribution in [2.24, 2.45) is 0 Å². The summed E-state index contributed by atoms with van der Waals surface area (Å²) < 4.78 is 13.4. The van der Waals surface area contributed by atoms with Gasteiger partial charge in [-0.05, 0) is 55.7 Å². The van der Waals surface area contributed by atoms with Gasteiger partial charge in [-0.2, -0.15) is 0 Å². The lowest BCUT2D eigenvalue weighted by Crippen LogP contribution is -2.50. The number of carbonyl (C=O) groups is 1. The first-order valence-electron chi connectivity index (χ1n) is 10.0. The van der Waals surface area contributed by atoms with E-state index in [0.29, 0.717) is 19.6 Å². The lowest BCUT2D eigenvalue weighted by atomic mass is 10.1. The summed E-state index contributed by atoms with van der Waals surface area (Å²) in [5.41, 5.74) is 4.77. The summed E-state index contributed by atoms with van der Waals surface area (Å²) in [5.74, 6) is -0.157. The van der Waals surface area contributed by atoms with Crippen LogP contribution in [0.15, 0.2) is 42.5 Å². The molecule has 1 amide bonds. The molecule has 150 valence electrons. The van der Waals surface area contributed by atoms with Crippen LogP contribution in [-0.2, 0) is 11.3 Å². The van der Waals surface area contributed by atoms with Crippen LogP contribution < -0.4 is 4.90 Å². The molecule has 0 bridgehead atoms. The van der Waals surface area contributed by atoms with E-state index in [2.05, 4.69) is 41.8 Å². The standard InChI is InChI=1S/C23H30FN3O/c1-4-26(16-20-8-6-9-21(24)15-20)23(28)17-25-11-13-27(14-12-25)22-10-5-7-18(2)19(22)3/h5-10,15H,4,11-14,16-17H2,1-3H3. The molecule has 0 aliphatic carbocycles. The van der Waals surface area contributed by atoms with E-state index in [4.69, 9.17) is 0 Å². The average Bonchev–Trinajstić information content (AvgIpc) is 2.69. The van der Waals surface area contributed by atoms with Gasteiger partial charge in [0.15, 0.2) is 0 Å². The van der Waals surface area contributed by atoms with E-state index in [1.165, 1.54) is 28.9 Å². The molecule has 0 N–H and O–H groups in total. The second kappa shape index (κ2) is 9.20. The summed E-state index contributed by atoms with van der Waals surface area (Å²) in [7, 11) is 0. The minimum absolute atomic E-state index is 0.104. The summed E-state index contributed by atoms with van der Waals surface area (Å²) in [6.07, 6.45) is 0. The number of hydrogen-bond donors (Lipinski definition) is 0. The van der Waals surface area contributed by atoms with Crippen LogP contribution in [0.2, 0.25) is 0 Å². The number of likely N-dealkylation sites (N-methyl/N-ethyl adjacent to an activating group) is 1. The number of hydrogen-bond acceptors (Lipinski definition) is 3. The van der Waals surface area contributed by atoms with E-state index in [1.54, 1.807) is 11.0 Å². The van der Waals surface area contributed by atoms with E-state index in [9.17, 15) is 9.18 Å². The van der Waals surface area contributed by atoms with E-state index in [-0.39, 0.29) is 11.7 Å². The average molecular weight is 384 g/mol. The predicted octanol–water partition coefficient (Wildman–Crippen LogP) is 3.61. The Balaban J connectivity index is 1.54. The summed E-state index contributed by atoms with van der Waals surface area (Å²) in [6.45, 7) is 11.4. The highest BCUT2D eigenvalue weighted by Crippen LogP contribution is 2.23. The van der Waals surface area contributed by atoms with Gasteiger partial charge in [-0.15, -0.1) is 0 Å². The number of piperazine rings is 1. The smallest absolute Gasteiger partial charge is 0.237 e. The first-order valence-corrected chi connectivity index (χ1v) is 10.0. The van der Waals surface area contributed by atoms with Crippen molar-refractivity contribution in [3.05, 3.63) is 65.0 Å². The monoisotopic (exact) mass is 383 g/mol. The fourth-order valence-electron chi connectivity index (χ4n) is 3.75. The molecule has 0 spiro atoms. The molecular weight excluding hydrogens is 353 g/mol. The lowest BCUT2D eigenvalue weighted by molar-refractivity contribution is -0.132. The van der Waals surface area contributed by atoms with Gasteiger partial charge < -0.3 is 9.80 Å². The van der Waals surface area contributed by atoms with Crippen molar-refractivity contribution in [2.45, 2.75) is 27.3 Å². The van der Waals surface area contributed by atoms with Crippen LogP contribution in [0.5, 0.6) is 0 Å². The number of benzene rings is 2. The SMILES string of the molecule is CCN(Cc1cccc(F)c1)C(=O)CN1CCN(c2cccc(C)c2C)CC1. The lowest BCUT2D eigenvalue weighted by Gasteiger charge is -2.37. The van der Waals surface area contributed by atoms with Crippen LogP contribution in [0.3, 0.4) is 0 Å². The molecule has 2 aromatic carbocycles. The first-order chi connectivity index (χ1) is 13.5. The zero-order valence-electron chi connectivity index (χ0n) is 17.1. The fourth-order valence-corrected chi connectivity index (χ4v) is 3.75. The minimum atomic E-state index is -0.261. The molecule has 1 heterocycles. The van der Waals surface area contributed by atoms with Crippen LogP contribution in [0.25, 0.3) is 0 Å². The maximum atomic E-state index is 13.4. The van der Waals surface area contributed by atoms with Gasteiger partial charge in [-0.3, -0.25) is 9.69 Å². The Bertz CT molecular complexity index is 815. The molecule has 0 radical (unpaired) electrons. The van der Waals surface area contributed by atoms with Crippen molar-refractivity contribution in [3.8, 4) is 0 Å². The highest BCUT2D eigenvalue weighted by atomic mass is 19.1. The van der Waals surface area contributed by atoms with Crippen molar-refractivity contribution < 1.29 is 9.18 Å². The zero-order chi connectivity index (χ0) is 20.1. The highest BCUT2D eigenvalue weighted by Gasteiger charge is 2.22. The maximum Gasteiger partial charge on any atom is 0.237 e. The molecule has 1 fully saturated rings. The maximum absolute atomic E-state index is 13.4. The molecule has 4 nitrogen and oxygen atoms in total. The Morgan fingerprint density at radius 2 is 1.79 bits per heavy atom. The third-order valence-corrected chi connectivity index (χ3v) is 5.64. The van der Waals surface area contributed by atoms with Crippen LogP contribution in [0.1, 0.15) is 23.6 Å². The van der Waals surface area contributed by atoms with Gasteiger partial charge in [0.1, 0.15) is 5.82 Å². The van der Waals surface area contributed by atoms with Crippen molar-refractivity contribution >= 4 is 11.6 Å². The summed E-state index contributed by atoms with van der Waals surface area (Å²) in [5, 5.41) is 0. The normalized spacial score (nSPS) is 14.9. The number of rotatable bonds is 6. The summed E-state index contributed by atoms with van der Waals surface area (Å²) in [6, 6.07) is 12.9. The van der Waals surface area contributed by atoms with Gasteiger partial charge in [-0.1, -0.05) is 24.3 Å². The highest BCUT2D eigenvalue weighted by molar-refractivity contribution is 5.78. The molecule has 0 unspecified atom stereocenters. The van der Waals surface area contributed by atoms with E-state index >= 15 is 0 Å². The third kappa shape index (κ3) is 4.90. The van der Waals surface area contributed by atoms with Crippen molar-refractivity contribution in [1.29, 1.82) is 0 Å². The van der Waals surface area contributed by atoms with Gasteiger partial charge in [0.05, 0.1) is 6.54 Å². The first kappa shape index (κ1) is 20.3. The van der Waals surface area contributed by atoms with Gasteiger partial charge in [0.2, 0.25) is 5.91 Å². The van der Waals surface area contributed by atoms with Crippen LogP contribution >= 0.6 is 0 Å². The Morgan fingerprint density at radius 1 is 1.07 bits per heavy atom. The predicted molar refractivity (Wildman–Crippen MR) is 112 cm³/mol. The molecular formula is C23H30FN3O. The Labute approximate surface area is 167 Å². The topological polar surface area (TPSA) is 26.8 Å². The van der Waals surface area contributed by atoms with Crippen LogP contribution in [-0.4, -0.2) is 55.0 Å². The second-order valence-electron chi connectivity index (χ2n) is 7.52. The van der Waals surface area contributed by atoms with Gasteiger partial charge in [0.25, 0.3) is 0 Å². The van der Waals surface area contributed by atoms with Gasteiger partial charge >= 0.3 is 0 Å². The fraction of sp³-hybridized carbons (Fsp3) is 0.435. The second-order valence-corrected chi connectivity index (χ2v) is 7.52. The molecule has 0 aromatic heterocycles. The Kier molecular flexibility index (Phi) is 6.68. The van der Waals surface area contributed by atoms with Crippen molar-refractivity contribution in [3.63, 3.8) is 0 Å². The number of nitrogens with zero attached hydrogens (tertiary/aromatic N) is 3. The molecule has 28 heavy (non-hydrogen) atoms. The van der Waals surface area contributed by atoms with Gasteiger partial charge in [-0.25, -0.2) is 4.39 Å². The van der Waals surface area contributed by atoms with E-state index < -0.39 is 0 Å². The molecule has 0 atom stereocenters. The van der Waals surface area contributed by atoms with Gasteiger partial charge in [0, 0.05) is 45.0 Å². The zero-order valence-corrected chi connectivity index (χ0v) is 17.1. The van der Waals surface area contributed by atoms with E-state index in [0.717, 1.165) is 31.7 Å². The quantitative estimate of drug-likeness (QED) is 0.762. The number of amides is 1. The molecule has 5 heteroatoms. The van der Waals surface area contributed by atoms with Crippen molar-refractivity contribution in [2.75, 3.05) is 44.2 Å². The van der Waals surface area contributed by atoms with Crippen molar-refractivity contribution in [1.82, 2.24) is 9.80 Å². The molecule has 1 saturated heterocycles.